The molecule has 0 bridgehead atoms. The molecule has 2 aromatic rings. The van der Waals surface area contributed by atoms with E-state index in [-0.39, 0.29) is 24.0 Å². The molecule has 0 aromatic heterocycles. The van der Waals surface area contributed by atoms with Gasteiger partial charge in [0.05, 0.1) is 23.7 Å². The molecule has 0 unspecified atom stereocenters. The summed E-state index contributed by atoms with van der Waals surface area (Å²) >= 11 is 0. The van der Waals surface area contributed by atoms with Crippen molar-refractivity contribution in [2.45, 2.75) is 37.5 Å². The molecule has 2 aromatic carbocycles. The van der Waals surface area contributed by atoms with E-state index >= 15 is 0 Å². The van der Waals surface area contributed by atoms with Gasteiger partial charge in [-0.25, -0.2) is 13.2 Å². The number of carbonyl (C=O) groups excluding carboxylic acids is 1. The number of esters is 1. The van der Waals surface area contributed by atoms with Crippen LogP contribution in [0.5, 0.6) is 0 Å². The first-order valence-corrected chi connectivity index (χ1v) is 11.0. The molecule has 1 aliphatic heterocycles. The SMILES string of the molecule is CCOC(=O)C1=C(CN2c3cccc4c(CCO)ccc(c34)S2(=O)=O)CCC1. The highest BCUT2D eigenvalue weighted by Crippen LogP contribution is 2.44. The van der Waals surface area contributed by atoms with Gasteiger partial charge in [-0.3, -0.25) is 4.31 Å². The van der Waals surface area contributed by atoms with Gasteiger partial charge in [-0.15, -0.1) is 0 Å². The highest BCUT2D eigenvalue weighted by molar-refractivity contribution is 7.93. The van der Waals surface area contributed by atoms with E-state index in [1.807, 2.05) is 12.1 Å². The average Bonchev–Trinajstić information content (AvgIpc) is 3.22. The monoisotopic (exact) mass is 401 g/mol. The van der Waals surface area contributed by atoms with E-state index in [1.54, 1.807) is 25.1 Å². The van der Waals surface area contributed by atoms with Crippen LogP contribution in [0.3, 0.4) is 0 Å². The number of hydrogen-bond donors (Lipinski definition) is 1. The molecule has 0 radical (unpaired) electrons. The Morgan fingerprint density at radius 3 is 2.79 bits per heavy atom. The predicted octanol–water partition coefficient (Wildman–Crippen LogP) is 2.93. The predicted molar refractivity (Wildman–Crippen MR) is 107 cm³/mol. The summed E-state index contributed by atoms with van der Waals surface area (Å²) in [7, 11) is -3.69. The standard InChI is InChI=1S/C21H23NO5S/c1-2-27-21(24)17-7-3-5-15(17)13-22-18-8-4-6-16-14(11-12-23)9-10-19(20(16)18)28(22,25)26/h4,6,8-10,23H,2-3,5,7,11-13H2,1H3. The first kappa shape index (κ1) is 19.0. The van der Waals surface area contributed by atoms with Crippen LogP contribution in [0.2, 0.25) is 0 Å². The maximum Gasteiger partial charge on any atom is 0.334 e. The van der Waals surface area contributed by atoms with Gasteiger partial charge in [-0.05, 0) is 61.3 Å². The van der Waals surface area contributed by atoms with Crippen LogP contribution in [0.1, 0.15) is 31.7 Å². The lowest BCUT2D eigenvalue weighted by Crippen LogP contribution is -2.29. The lowest BCUT2D eigenvalue weighted by Gasteiger charge is -2.20. The van der Waals surface area contributed by atoms with Crippen molar-refractivity contribution >= 4 is 32.5 Å². The number of ether oxygens (including phenoxy) is 1. The third-order valence-corrected chi connectivity index (χ3v) is 7.28. The highest BCUT2D eigenvalue weighted by atomic mass is 32.2. The minimum Gasteiger partial charge on any atom is -0.463 e. The molecule has 148 valence electrons. The van der Waals surface area contributed by atoms with Crippen molar-refractivity contribution in [3.05, 3.63) is 47.0 Å². The Kier molecular flexibility index (Phi) is 4.89. The van der Waals surface area contributed by atoms with E-state index in [4.69, 9.17) is 4.74 Å². The molecule has 6 nitrogen and oxygen atoms in total. The zero-order chi connectivity index (χ0) is 19.9. The third-order valence-electron chi connectivity index (χ3n) is 5.48. The van der Waals surface area contributed by atoms with E-state index in [2.05, 4.69) is 0 Å². The number of rotatable bonds is 6. The van der Waals surface area contributed by atoms with Gasteiger partial charge in [-0.1, -0.05) is 18.2 Å². The Morgan fingerprint density at radius 2 is 2.04 bits per heavy atom. The second-order valence-electron chi connectivity index (χ2n) is 7.06. The summed E-state index contributed by atoms with van der Waals surface area (Å²) in [6.45, 7) is 2.24. The molecular formula is C21H23NO5S. The molecule has 0 fully saturated rings. The normalized spacial score (nSPS) is 17.6. The summed E-state index contributed by atoms with van der Waals surface area (Å²) in [4.78, 5) is 12.5. The van der Waals surface area contributed by atoms with Crippen LogP contribution in [-0.4, -0.2) is 39.3 Å². The Morgan fingerprint density at radius 1 is 1.21 bits per heavy atom. The maximum absolute atomic E-state index is 13.3. The molecule has 28 heavy (non-hydrogen) atoms. The van der Waals surface area contributed by atoms with Crippen LogP contribution >= 0.6 is 0 Å². The van der Waals surface area contributed by atoms with E-state index in [1.165, 1.54) is 4.31 Å². The summed E-state index contributed by atoms with van der Waals surface area (Å²) in [5, 5.41) is 10.9. The van der Waals surface area contributed by atoms with Crippen LogP contribution in [0, 0.1) is 0 Å². The highest BCUT2D eigenvalue weighted by Gasteiger charge is 2.37. The number of benzene rings is 2. The van der Waals surface area contributed by atoms with Gasteiger partial charge in [-0.2, -0.15) is 0 Å². The molecule has 1 heterocycles. The molecule has 0 saturated carbocycles. The van der Waals surface area contributed by atoms with Gasteiger partial charge in [0.15, 0.2) is 0 Å². The molecule has 2 aliphatic rings. The molecule has 0 spiro atoms. The second-order valence-corrected chi connectivity index (χ2v) is 8.89. The van der Waals surface area contributed by atoms with Crippen LogP contribution in [0.4, 0.5) is 5.69 Å². The van der Waals surface area contributed by atoms with E-state index in [9.17, 15) is 18.3 Å². The van der Waals surface area contributed by atoms with Gasteiger partial charge >= 0.3 is 5.97 Å². The molecule has 0 atom stereocenters. The summed E-state index contributed by atoms with van der Waals surface area (Å²) in [5.41, 5.74) is 3.01. The topological polar surface area (TPSA) is 83.9 Å². The number of hydrogen-bond acceptors (Lipinski definition) is 5. The molecule has 7 heteroatoms. The van der Waals surface area contributed by atoms with Gasteiger partial charge in [0.2, 0.25) is 0 Å². The summed E-state index contributed by atoms with van der Waals surface area (Å²) in [5.74, 6) is -0.340. The lowest BCUT2D eigenvalue weighted by atomic mass is 10.0. The molecule has 0 saturated heterocycles. The molecule has 4 rings (SSSR count). The minimum absolute atomic E-state index is 0.00489. The van der Waals surface area contributed by atoms with Crippen molar-refractivity contribution in [2.75, 3.05) is 24.1 Å². The van der Waals surface area contributed by atoms with Gasteiger partial charge < -0.3 is 9.84 Å². The number of nitrogens with zero attached hydrogens (tertiary/aromatic N) is 1. The van der Waals surface area contributed by atoms with Crippen molar-refractivity contribution in [3.8, 4) is 0 Å². The third kappa shape index (κ3) is 2.89. The van der Waals surface area contributed by atoms with Gasteiger partial charge in [0.1, 0.15) is 0 Å². The number of aliphatic hydroxyl groups is 1. The summed E-state index contributed by atoms with van der Waals surface area (Å²) in [6, 6.07) is 8.94. The van der Waals surface area contributed by atoms with Crippen molar-refractivity contribution in [3.63, 3.8) is 0 Å². The smallest absolute Gasteiger partial charge is 0.334 e. The summed E-state index contributed by atoms with van der Waals surface area (Å²) in [6.07, 6.45) is 2.62. The quantitative estimate of drug-likeness (QED) is 0.753. The zero-order valence-corrected chi connectivity index (χ0v) is 16.6. The first-order valence-electron chi connectivity index (χ1n) is 9.55. The number of carbonyl (C=O) groups is 1. The molecule has 1 aliphatic carbocycles. The molecule has 0 amide bonds. The van der Waals surface area contributed by atoms with E-state index in [0.29, 0.717) is 42.5 Å². The average molecular weight is 401 g/mol. The second kappa shape index (κ2) is 7.22. The Hall–Kier alpha value is -2.38. The van der Waals surface area contributed by atoms with Gasteiger partial charge in [0.25, 0.3) is 10.0 Å². The van der Waals surface area contributed by atoms with Crippen LogP contribution in [-0.2, 0) is 26.0 Å². The molecule has 1 N–H and O–H groups in total. The van der Waals surface area contributed by atoms with Crippen LogP contribution in [0.15, 0.2) is 46.4 Å². The fraction of sp³-hybridized carbons (Fsp3) is 0.381. The minimum atomic E-state index is -3.69. The largest absolute Gasteiger partial charge is 0.463 e. The van der Waals surface area contributed by atoms with Crippen molar-refractivity contribution in [1.82, 2.24) is 0 Å². The molecular weight excluding hydrogens is 378 g/mol. The maximum atomic E-state index is 13.3. The fourth-order valence-electron chi connectivity index (χ4n) is 4.21. The number of sulfonamides is 1. The summed E-state index contributed by atoms with van der Waals surface area (Å²) < 4.78 is 33.1. The fourth-order valence-corrected chi connectivity index (χ4v) is 5.90. The zero-order valence-electron chi connectivity index (χ0n) is 15.8. The number of aliphatic hydroxyl groups excluding tert-OH is 1. The Bertz CT molecular complexity index is 1090. The first-order chi connectivity index (χ1) is 13.5. The number of anilines is 1. The van der Waals surface area contributed by atoms with E-state index < -0.39 is 10.0 Å². The van der Waals surface area contributed by atoms with E-state index in [0.717, 1.165) is 22.9 Å². The lowest BCUT2D eigenvalue weighted by molar-refractivity contribution is -0.138. The Balaban J connectivity index is 1.80. The van der Waals surface area contributed by atoms with Crippen LogP contribution in [0.25, 0.3) is 10.8 Å². The van der Waals surface area contributed by atoms with Crippen molar-refractivity contribution < 1.29 is 23.1 Å². The Labute approximate surface area is 164 Å². The van der Waals surface area contributed by atoms with Crippen molar-refractivity contribution in [1.29, 1.82) is 0 Å². The van der Waals surface area contributed by atoms with Crippen molar-refractivity contribution in [2.24, 2.45) is 0 Å². The van der Waals surface area contributed by atoms with Crippen LogP contribution < -0.4 is 4.31 Å². The van der Waals surface area contributed by atoms with Gasteiger partial charge in [0, 0.05) is 17.6 Å².